The monoisotopic (exact) mass is 332 g/mol. The minimum absolute atomic E-state index is 0.113. The van der Waals surface area contributed by atoms with E-state index in [0.717, 1.165) is 10.0 Å². The van der Waals surface area contributed by atoms with Crippen molar-refractivity contribution in [2.45, 2.75) is 6.92 Å². The summed E-state index contributed by atoms with van der Waals surface area (Å²) in [6.07, 6.45) is 0. The van der Waals surface area contributed by atoms with E-state index in [0.29, 0.717) is 10.9 Å². The maximum absolute atomic E-state index is 13.6. The number of halogens is 2. The van der Waals surface area contributed by atoms with Gasteiger partial charge in [-0.1, -0.05) is 40.2 Å². The highest BCUT2D eigenvalue weighted by molar-refractivity contribution is 9.10. The van der Waals surface area contributed by atoms with Crippen LogP contribution in [0.5, 0.6) is 0 Å². The summed E-state index contributed by atoms with van der Waals surface area (Å²) in [7, 11) is 0. The first kappa shape index (κ1) is 13.1. The van der Waals surface area contributed by atoms with E-state index in [9.17, 15) is 9.18 Å². The molecule has 20 heavy (non-hydrogen) atoms. The molecule has 0 aliphatic heterocycles. The molecule has 2 nitrogen and oxygen atoms in total. The van der Waals surface area contributed by atoms with E-state index < -0.39 is 5.82 Å². The predicted octanol–water partition coefficient (Wildman–Crippen LogP) is 4.87. The van der Waals surface area contributed by atoms with Crippen LogP contribution in [0.1, 0.15) is 21.7 Å². The number of benzene rings is 2. The molecule has 0 aliphatic rings. The molecule has 3 aromatic rings. The molecule has 0 unspecified atom stereocenters. The molecular formula is C16H10BrFO2. The SMILES string of the molecule is Cc1ccc(C(=O)c2cc3cccc(F)c3o2)cc1Br. The van der Waals surface area contributed by atoms with Crippen molar-refractivity contribution in [3.8, 4) is 0 Å². The fraction of sp³-hybridized carbons (Fsp3) is 0.0625. The average molecular weight is 333 g/mol. The second-order valence-corrected chi connectivity index (χ2v) is 5.42. The van der Waals surface area contributed by atoms with Crippen LogP contribution < -0.4 is 0 Å². The van der Waals surface area contributed by atoms with E-state index in [-0.39, 0.29) is 17.1 Å². The van der Waals surface area contributed by atoms with Gasteiger partial charge in [0.2, 0.25) is 5.78 Å². The number of carbonyl (C=O) groups is 1. The van der Waals surface area contributed by atoms with Gasteiger partial charge in [-0.25, -0.2) is 4.39 Å². The van der Waals surface area contributed by atoms with Crippen LogP contribution in [0, 0.1) is 12.7 Å². The largest absolute Gasteiger partial charge is 0.449 e. The molecule has 0 N–H and O–H groups in total. The van der Waals surface area contributed by atoms with Gasteiger partial charge in [0.1, 0.15) is 0 Å². The molecule has 0 fully saturated rings. The summed E-state index contributed by atoms with van der Waals surface area (Å²) in [5, 5.41) is 0.583. The number of hydrogen-bond acceptors (Lipinski definition) is 2. The van der Waals surface area contributed by atoms with Crippen LogP contribution >= 0.6 is 15.9 Å². The second kappa shape index (κ2) is 4.87. The number of furan rings is 1. The van der Waals surface area contributed by atoms with E-state index >= 15 is 0 Å². The fourth-order valence-electron chi connectivity index (χ4n) is 2.02. The number of rotatable bonds is 2. The Bertz CT molecular complexity index is 820. The second-order valence-electron chi connectivity index (χ2n) is 4.56. The molecule has 100 valence electrons. The van der Waals surface area contributed by atoms with Gasteiger partial charge in [0.25, 0.3) is 0 Å². The molecule has 2 aromatic carbocycles. The van der Waals surface area contributed by atoms with Crippen molar-refractivity contribution in [2.24, 2.45) is 0 Å². The molecule has 0 amide bonds. The lowest BCUT2D eigenvalue weighted by Gasteiger charge is -2.01. The molecule has 0 spiro atoms. The Labute approximate surface area is 123 Å². The smallest absolute Gasteiger partial charge is 0.228 e. The summed E-state index contributed by atoms with van der Waals surface area (Å²) in [5.74, 6) is -0.589. The Morgan fingerprint density at radius 1 is 1.20 bits per heavy atom. The van der Waals surface area contributed by atoms with Gasteiger partial charge < -0.3 is 4.42 Å². The summed E-state index contributed by atoms with van der Waals surface area (Å²) in [4.78, 5) is 12.4. The molecule has 0 saturated heterocycles. The summed E-state index contributed by atoms with van der Waals surface area (Å²) >= 11 is 3.39. The standard InChI is InChI=1S/C16H10BrFO2/c1-9-5-6-10(7-12(9)17)15(19)14-8-11-3-2-4-13(18)16(11)20-14/h2-8H,1H3. The number of fused-ring (bicyclic) bond motifs is 1. The van der Waals surface area contributed by atoms with Gasteiger partial charge in [-0.2, -0.15) is 0 Å². The fourth-order valence-corrected chi connectivity index (χ4v) is 2.39. The highest BCUT2D eigenvalue weighted by Crippen LogP contribution is 2.25. The quantitative estimate of drug-likeness (QED) is 0.626. The zero-order chi connectivity index (χ0) is 14.3. The molecule has 3 rings (SSSR count). The van der Waals surface area contributed by atoms with Crippen LogP contribution in [0.4, 0.5) is 4.39 Å². The third-order valence-electron chi connectivity index (χ3n) is 3.15. The normalized spacial score (nSPS) is 10.9. The van der Waals surface area contributed by atoms with Crippen LogP contribution in [0.3, 0.4) is 0 Å². The summed E-state index contributed by atoms with van der Waals surface area (Å²) in [5.41, 5.74) is 1.65. The van der Waals surface area contributed by atoms with Crippen molar-refractivity contribution in [3.63, 3.8) is 0 Å². The molecule has 1 aromatic heterocycles. The Morgan fingerprint density at radius 2 is 2.00 bits per heavy atom. The maximum atomic E-state index is 13.6. The van der Waals surface area contributed by atoms with E-state index in [1.165, 1.54) is 6.07 Å². The predicted molar refractivity (Wildman–Crippen MR) is 78.5 cm³/mol. The number of aryl methyl sites for hydroxylation is 1. The molecule has 0 radical (unpaired) electrons. The third kappa shape index (κ3) is 2.16. The van der Waals surface area contributed by atoms with Crippen LogP contribution in [0.25, 0.3) is 11.0 Å². The maximum Gasteiger partial charge on any atom is 0.228 e. The van der Waals surface area contributed by atoms with Gasteiger partial charge in [0.15, 0.2) is 17.2 Å². The number of carbonyl (C=O) groups excluding carboxylic acids is 1. The number of para-hydroxylation sites is 1. The highest BCUT2D eigenvalue weighted by Gasteiger charge is 2.16. The van der Waals surface area contributed by atoms with Gasteiger partial charge in [-0.3, -0.25) is 4.79 Å². The molecule has 0 atom stereocenters. The first-order valence-corrected chi connectivity index (χ1v) is 6.84. The van der Waals surface area contributed by atoms with Crippen molar-refractivity contribution < 1.29 is 13.6 Å². The van der Waals surface area contributed by atoms with Crippen LogP contribution in [0.15, 0.2) is 51.4 Å². The van der Waals surface area contributed by atoms with Crippen molar-refractivity contribution in [3.05, 3.63) is 69.6 Å². The number of ketones is 1. The molecule has 4 heteroatoms. The van der Waals surface area contributed by atoms with Crippen LogP contribution in [-0.4, -0.2) is 5.78 Å². The third-order valence-corrected chi connectivity index (χ3v) is 4.01. The van der Waals surface area contributed by atoms with Gasteiger partial charge in [0, 0.05) is 15.4 Å². The Kier molecular flexibility index (Phi) is 3.18. The van der Waals surface area contributed by atoms with Gasteiger partial charge in [-0.05, 0) is 30.7 Å². The lowest BCUT2D eigenvalue weighted by Crippen LogP contribution is -1.99. The van der Waals surface area contributed by atoms with Crippen LogP contribution in [-0.2, 0) is 0 Å². The average Bonchev–Trinajstić information content (AvgIpc) is 2.86. The van der Waals surface area contributed by atoms with Gasteiger partial charge in [0.05, 0.1) is 0 Å². The van der Waals surface area contributed by atoms with E-state index in [4.69, 9.17) is 4.42 Å². The lowest BCUT2D eigenvalue weighted by atomic mass is 10.1. The first-order valence-electron chi connectivity index (χ1n) is 6.05. The highest BCUT2D eigenvalue weighted by atomic mass is 79.9. The van der Waals surface area contributed by atoms with Crippen molar-refractivity contribution in [2.75, 3.05) is 0 Å². The minimum Gasteiger partial charge on any atom is -0.449 e. The Balaban J connectivity index is 2.08. The first-order chi connectivity index (χ1) is 9.56. The number of hydrogen-bond donors (Lipinski definition) is 0. The van der Waals surface area contributed by atoms with E-state index in [1.54, 1.807) is 30.3 Å². The molecule has 0 bridgehead atoms. The van der Waals surface area contributed by atoms with E-state index in [1.807, 2.05) is 13.0 Å². The van der Waals surface area contributed by atoms with E-state index in [2.05, 4.69) is 15.9 Å². The molecule has 0 saturated carbocycles. The van der Waals surface area contributed by atoms with Crippen LogP contribution in [0.2, 0.25) is 0 Å². The van der Waals surface area contributed by atoms with Crippen molar-refractivity contribution in [1.29, 1.82) is 0 Å². The zero-order valence-electron chi connectivity index (χ0n) is 10.6. The molecule has 1 heterocycles. The minimum atomic E-state index is -0.466. The van der Waals surface area contributed by atoms with Gasteiger partial charge in [-0.15, -0.1) is 0 Å². The van der Waals surface area contributed by atoms with Crippen molar-refractivity contribution in [1.82, 2.24) is 0 Å². The Morgan fingerprint density at radius 3 is 2.70 bits per heavy atom. The Hall–Kier alpha value is -1.94. The van der Waals surface area contributed by atoms with Crippen molar-refractivity contribution >= 4 is 32.7 Å². The zero-order valence-corrected chi connectivity index (χ0v) is 12.2. The summed E-state index contributed by atoms with van der Waals surface area (Å²) in [6, 6.07) is 11.5. The lowest BCUT2D eigenvalue weighted by molar-refractivity contribution is 0.101. The summed E-state index contributed by atoms with van der Waals surface area (Å²) in [6.45, 7) is 1.94. The molecule has 0 aliphatic carbocycles. The topological polar surface area (TPSA) is 30.2 Å². The molecular weight excluding hydrogens is 323 g/mol. The van der Waals surface area contributed by atoms with Gasteiger partial charge >= 0.3 is 0 Å². The summed E-state index contributed by atoms with van der Waals surface area (Å²) < 4.78 is 19.8.